The van der Waals surface area contributed by atoms with Crippen LogP contribution in [0.25, 0.3) is 10.2 Å². The molecule has 11 heteroatoms. The van der Waals surface area contributed by atoms with Crippen molar-refractivity contribution < 1.29 is 9.59 Å². The van der Waals surface area contributed by atoms with E-state index < -0.39 is 0 Å². The molecule has 1 unspecified atom stereocenters. The number of para-hydroxylation sites is 1. The van der Waals surface area contributed by atoms with Crippen LogP contribution in [0.3, 0.4) is 0 Å². The predicted octanol–water partition coefficient (Wildman–Crippen LogP) is 5.26. The van der Waals surface area contributed by atoms with Crippen molar-refractivity contribution in [3.8, 4) is 0 Å². The summed E-state index contributed by atoms with van der Waals surface area (Å²) in [7, 11) is 0. The van der Waals surface area contributed by atoms with Gasteiger partial charge in [-0.25, -0.2) is 4.98 Å². The second-order valence-corrected chi connectivity index (χ2v) is 12.7. The minimum atomic E-state index is -0.294. The number of nitrogens with zero attached hydrogens (tertiary/aromatic N) is 4. The van der Waals surface area contributed by atoms with Crippen molar-refractivity contribution >= 4 is 79.6 Å². The summed E-state index contributed by atoms with van der Waals surface area (Å²) < 4.78 is 2.60. The lowest BCUT2D eigenvalue weighted by Gasteiger charge is -2.16. The highest BCUT2D eigenvalue weighted by Gasteiger charge is 2.24. The Bertz CT molecular complexity index is 1370. The molecule has 0 aliphatic carbocycles. The lowest BCUT2D eigenvalue weighted by Crippen LogP contribution is -2.30. The quantitative estimate of drug-likeness (QED) is 0.328. The Morgan fingerprint density at radius 2 is 2.00 bits per heavy atom. The number of thioether (sulfide) groups is 2. The molecule has 174 valence electrons. The number of benzene rings is 2. The molecule has 3 heterocycles. The van der Waals surface area contributed by atoms with Crippen LogP contribution < -0.4 is 10.2 Å². The number of fused-ring (bicyclic) bond motifs is 2. The van der Waals surface area contributed by atoms with Gasteiger partial charge >= 0.3 is 0 Å². The first kappa shape index (κ1) is 23.3. The van der Waals surface area contributed by atoms with Gasteiger partial charge in [0.15, 0.2) is 8.68 Å². The fourth-order valence-electron chi connectivity index (χ4n) is 3.62. The van der Waals surface area contributed by atoms with Crippen LogP contribution in [0.4, 0.5) is 11.4 Å². The first-order valence-corrected chi connectivity index (χ1v) is 14.2. The minimum Gasteiger partial charge on any atom is -0.325 e. The van der Waals surface area contributed by atoms with E-state index in [1.165, 1.54) is 51.8 Å². The largest absolute Gasteiger partial charge is 0.325 e. The molecule has 0 saturated carbocycles. The Hall–Kier alpha value is -2.47. The van der Waals surface area contributed by atoms with Gasteiger partial charge in [0.1, 0.15) is 5.01 Å². The van der Waals surface area contributed by atoms with E-state index in [1.807, 2.05) is 55.1 Å². The van der Waals surface area contributed by atoms with Gasteiger partial charge in [-0.15, -0.1) is 21.5 Å². The molecule has 4 aromatic rings. The maximum atomic E-state index is 12.8. The molecule has 0 radical (unpaired) electrons. The number of carbonyl (C=O) groups is 2. The van der Waals surface area contributed by atoms with Crippen molar-refractivity contribution in [3.63, 3.8) is 0 Å². The highest BCUT2D eigenvalue weighted by atomic mass is 32.2. The SMILES string of the molecule is Cc1nnc(SC(C)C(=O)Nc2ccc3nc(SCC(=O)N4CCc5ccccc54)sc3c2)s1. The molecular formula is C23H21N5O2S4. The van der Waals surface area contributed by atoms with E-state index in [9.17, 15) is 9.59 Å². The van der Waals surface area contributed by atoms with Crippen LogP contribution in [0.15, 0.2) is 51.1 Å². The van der Waals surface area contributed by atoms with Crippen LogP contribution in [-0.2, 0) is 16.0 Å². The van der Waals surface area contributed by atoms with Gasteiger partial charge in [-0.2, -0.15) is 0 Å². The van der Waals surface area contributed by atoms with Crippen molar-refractivity contribution in [2.24, 2.45) is 0 Å². The Morgan fingerprint density at radius 1 is 1.15 bits per heavy atom. The summed E-state index contributed by atoms with van der Waals surface area (Å²) in [6.45, 7) is 4.48. The lowest BCUT2D eigenvalue weighted by molar-refractivity contribution is -0.116. The molecule has 5 rings (SSSR count). The van der Waals surface area contributed by atoms with Gasteiger partial charge in [-0.1, -0.05) is 53.1 Å². The first-order valence-electron chi connectivity index (χ1n) is 10.7. The van der Waals surface area contributed by atoms with Gasteiger partial charge in [0.25, 0.3) is 0 Å². The summed E-state index contributed by atoms with van der Waals surface area (Å²) in [4.78, 5) is 31.9. The van der Waals surface area contributed by atoms with E-state index in [2.05, 4.69) is 26.6 Å². The normalized spacial score (nSPS) is 13.8. The monoisotopic (exact) mass is 527 g/mol. The number of amides is 2. The Balaban J connectivity index is 1.20. The number of carbonyl (C=O) groups excluding carboxylic acids is 2. The number of thiazole rings is 1. The summed E-state index contributed by atoms with van der Waals surface area (Å²) >= 11 is 5.87. The van der Waals surface area contributed by atoms with Crippen LogP contribution in [0.1, 0.15) is 17.5 Å². The summed E-state index contributed by atoms with van der Waals surface area (Å²) in [6, 6.07) is 13.8. The lowest BCUT2D eigenvalue weighted by atomic mass is 10.2. The van der Waals surface area contributed by atoms with Gasteiger partial charge in [-0.05, 0) is 50.1 Å². The number of rotatable bonds is 7. The highest BCUT2D eigenvalue weighted by molar-refractivity contribution is 8.02. The zero-order chi connectivity index (χ0) is 23.7. The molecule has 0 bridgehead atoms. The van der Waals surface area contributed by atoms with Crippen molar-refractivity contribution in [1.29, 1.82) is 0 Å². The van der Waals surface area contributed by atoms with Crippen molar-refractivity contribution in [2.45, 2.75) is 34.2 Å². The number of aromatic nitrogens is 3. The third kappa shape index (κ3) is 5.12. The molecule has 0 fully saturated rings. The van der Waals surface area contributed by atoms with Crippen LogP contribution in [0, 0.1) is 6.92 Å². The maximum absolute atomic E-state index is 12.8. The third-order valence-electron chi connectivity index (χ3n) is 5.30. The van der Waals surface area contributed by atoms with Gasteiger partial charge in [0.2, 0.25) is 11.8 Å². The fourth-order valence-corrected chi connectivity index (χ4v) is 7.56. The van der Waals surface area contributed by atoms with Crippen LogP contribution in [0.2, 0.25) is 0 Å². The van der Waals surface area contributed by atoms with E-state index in [1.54, 1.807) is 0 Å². The smallest absolute Gasteiger partial charge is 0.237 e. The van der Waals surface area contributed by atoms with Crippen LogP contribution in [-0.4, -0.2) is 44.5 Å². The third-order valence-corrected chi connectivity index (χ3v) is 9.47. The second kappa shape index (κ2) is 10.0. The Kier molecular flexibility index (Phi) is 6.87. The van der Waals surface area contributed by atoms with Crippen LogP contribution >= 0.6 is 46.2 Å². The van der Waals surface area contributed by atoms with Crippen LogP contribution in [0.5, 0.6) is 0 Å². The molecule has 1 aliphatic rings. The molecule has 2 aromatic carbocycles. The van der Waals surface area contributed by atoms with E-state index in [0.717, 1.165) is 48.2 Å². The Morgan fingerprint density at radius 3 is 2.82 bits per heavy atom. The number of nitrogens with one attached hydrogen (secondary N) is 1. The number of hydrogen-bond acceptors (Lipinski definition) is 9. The number of aryl methyl sites for hydroxylation is 1. The molecule has 0 spiro atoms. The molecule has 1 atom stereocenters. The number of hydrogen-bond donors (Lipinski definition) is 1. The second-order valence-electron chi connectivity index (χ2n) is 7.71. The average molecular weight is 528 g/mol. The zero-order valence-corrected chi connectivity index (χ0v) is 21.7. The minimum absolute atomic E-state index is 0.0900. The van der Waals surface area contributed by atoms with E-state index in [0.29, 0.717) is 5.75 Å². The predicted molar refractivity (Wildman–Crippen MR) is 141 cm³/mol. The van der Waals surface area contributed by atoms with Gasteiger partial charge in [-0.3, -0.25) is 9.59 Å². The highest BCUT2D eigenvalue weighted by Crippen LogP contribution is 2.33. The molecule has 2 aromatic heterocycles. The molecule has 1 aliphatic heterocycles. The first-order chi connectivity index (χ1) is 16.5. The summed E-state index contributed by atoms with van der Waals surface area (Å²) in [5.74, 6) is 0.351. The Labute approximate surface area is 213 Å². The fraction of sp³-hybridized carbons (Fsp3) is 0.261. The number of anilines is 2. The maximum Gasteiger partial charge on any atom is 0.237 e. The van der Waals surface area contributed by atoms with Crippen molar-refractivity contribution in [3.05, 3.63) is 53.0 Å². The summed E-state index contributed by atoms with van der Waals surface area (Å²) in [6.07, 6.45) is 0.902. The summed E-state index contributed by atoms with van der Waals surface area (Å²) in [5, 5.41) is 11.6. The van der Waals surface area contributed by atoms with E-state index in [-0.39, 0.29) is 17.1 Å². The average Bonchev–Trinajstić information content (AvgIpc) is 3.55. The standard InChI is InChI=1S/C23H21N5O2S4/c1-13(32-23-27-26-14(2)33-23)21(30)24-16-7-8-17-19(11-16)34-22(25-17)31-12-20(29)28-10-9-15-5-3-4-6-18(15)28/h3-8,11,13H,9-10,12H2,1-2H3,(H,24,30). The molecule has 7 nitrogen and oxygen atoms in total. The van der Waals surface area contributed by atoms with Gasteiger partial charge in [0.05, 0.1) is 21.2 Å². The summed E-state index contributed by atoms with van der Waals surface area (Å²) in [5.41, 5.74) is 3.83. The van der Waals surface area contributed by atoms with Gasteiger partial charge < -0.3 is 10.2 Å². The van der Waals surface area contributed by atoms with Crippen molar-refractivity contribution in [2.75, 3.05) is 22.5 Å². The molecule has 1 N–H and O–H groups in total. The molecule has 2 amide bonds. The topological polar surface area (TPSA) is 88.1 Å². The molecule has 0 saturated heterocycles. The van der Waals surface area contributed by atoms with E-state index in [4.69, 9.17) is 0 Å². The zero-order valence-electron chi connectivity index (χ0n) is 18.5. The van der Waals surface area contributed by atoms with Crippen molar-refractivity contribution in [1.82, 2.24) is 15.2 Å². The van der Waals surface area contributed by atoms with Gasteiger partial charge in [0, 0.05) is 17.9 Å². The molecular weight excluding hydrogens is 507 g/mol. The van der Waals surface area contributed by atoms with E-state index >= 15 is 0 Å². The molecule has 34 heavy (non-hydrogen) atoms.